The van der Waals surface area contributed by atoms with Crippen molar-refractivity contribution in [1.82, 2.24) is 4.98 Å². The summed E-state index contributed by atoms with van der Waals surface area (Å²) in [5.41, 5.74) is -0.100. The van der Waals surface area contributed by atoms with Crippen molar-refractivity contribution < 1.29 is 29.3 Å². The lowest BCUT2D eigenvalue weighted by molar-refractivity contribution is -0.159. The molecule has 8 heteroatoms. The molecule has 1 aromatic heterocycles. The fraction of sp³-hybridized carbons (Fsp3) is 0.741. The molecule has 198 valence electrons. The van der Waals surface area contributed by atoms with Crippen LogP contribution in [0, 0.1) is 24.2 Å². The van der Waals surface area contributed by atoms with Crippen molar-refractivity contribution in [3.8, 4) is 0 Å². The molecular weight excluding hydrogens is 466 g/mol. The van der Waals surface area contributed by atoms with E-state index >= 15 is 0 Å². The van der Waals surface area contributed by atoms with Crippen LogP contribution in [0.4, 0.5) is 0 Å². The van der Waals surface area contributed by atoms with Gasteiger partial charge in [-0.05, 0) is 58.1 Å². The maximum absolute atomic E-state index is 13.2. The van der Waals surface area contributed by atoms with Crippen molar-refractivity contribution in [2.24, 2.45) is 17.3 Å². The summed E-state index contributed by atoms with van der Waals surface area (Å²) in [4.78, 5) is 30.5. The molecule has 7 nitrogen and oxygen atoms in total. The Morgan fingerprint density at radius 1 is 1.20 bits per heavy atom. The molecule has 1 saturated heterocycles. The van der Waals surface area contributed by atoms with Crippen LogP contribution in [0.15, 0.2) is 11.0 Å². The van der Waals surface area contributed by atoms with Gasteiger partial charge in [-0.15, -0.1) is 11.3 Å². The van der Waals surface area contributed by atoms with Crippen LogP contribution in [0.1, 0.15) is 84.9 Å². The monoisotopic (exact) mass is 509 g/mol. The Morgan fingerprint density at radius 2 is 1.86 bits per heavy atom. The number of rotatable bonds is 2. The van der Waals surface area contributed by atoms with Crippen LogP contribution in [-0.4, -0.2) is 57.5 Å². The molecule has 1 fully saturated rings. The van der Waals surface area contributed by atoms with Crippen LogP contribution in [0.25, 0.3) is 6.08 Å². The molecule has 0 amide bonds. The fourth-order valence-corrected chi connectivity index (χ4v) is 5.01. The third kappa shape index (κ3) is 8.20. The molecule has 2 heterocycles. The van der Waals surface area contributed by atoms with Crippen LogP contribution in [0.5, 0.6) is 0 Å². The van der Waals surface area contributed by atoms with E-state index in [9.17, 15) is 19.8 Å². The number of carbonyl (C=O) groups is 2. The Hall–Kier alpha value is -1.61. The topological polar surface area (TPSA) is 106 Å². The summed E-state index contributed by atoms with van der Waals surface area (Å²) < 4.78 is 12.0. The van der Waals surface area contributed by atoms with Crippen molar-refractivity contribution >= 4 is 29.2 Å². The highest BCUT2D eigenvalue weighted by Crippen LogP contribution is 2.33. The largest absolute Gasteiger partial charge is 0.455 e. The smallest absolute Gasteiger partial charge is 0.309 e. The second kappa shape index (κ2) is 12.1. The number of aliphatic hydroxyl groups is 2. The van der Waals surface area contributed by atoms with Gasteiger partial charge in [0.1, 0.15) is 11.9 Å². The van der Waals surface area contributed by atoms with Gasteiger partial charge in [0.25, 0.3) is 0 Å². The number of aryl methyl sites for hydroxylation is 1. The number of Topliss-reactive ketones (excluding diaryl/α,β-unsaturated/α-hetero) is 1. The SMILES string of the molecule is CC(=Cc1csc(C)n1)C1COC(C)(C)CCCC(C)C(O)C(C)C(=O)C(C)(C)C(O)CC(=O)O1. The van der Waals surface area contributed by atoms with Gasteiger partial charge in [-0.3, -0.25) is 9.59 Å². The first-order chi connectivity index (χ1) is 16.1. The minimum atomic E-state index is -1.25. The third-order valence-electron chi connectivity index (χ3n) is 7.19. The van der Waals surface area contributed by atoms with E-state index in [4.69, 9.17) is 9.47 Å². The minimum Gasteiger partial charge on any atom is -0.455 e. The third-order valence-corrected chi connectivity index (χ3v) is 7.99. The summed E-state index contributed by atoms with van der Waals surface area (Å²) in [7, 11) is 0. The zero-order valence-electron chi connectivity index (χ0n) is 22.5. The van der Waals surface area contributed by atoms with Gasteiger partial charge in [-0.2, -0.15) is 0 Å². The number of ketones is 1. The number of hydrogen-bond donors (Lipinski definition) is 2. The fourth-order valence-electron chi connectivity index (χ4n) is 4.44. The second-order valence-electron chi connectivity index (χ2n) is 11.2. The molecule has 2 rings (SSSR count). The molecule has 1 aliphatic heterocycles. The van der Waals surface area contributed by atoms with E-state index in [1.807, 2.05) is 46.1 Å². The van der Waals surface area contributed by atoms with Gasteiger partial charge in [0, 0.05) is 11.3 Å². The lowest BCUT2D eigenvalue weighted by Crippen LogP contribution is -2.46. The number of cyclic esters (lactones) is 1. The second-order valence-corrected chi connectivity index (χ2v) is 12.2. The van der Waals surface area contributed by atoms with Gasteiger partial charge >= 0.3 is 5.97 Å². The van der Waals surface area contributed by atoms with Crippen molar-refractivity contribution in [3.63, 3.8) is 0 Å². The van der Waals surface area contributed by atoms with Crippen molar-refractivity contribution in [2.75, 3.05) is 6.61 Å². The number of aromatic nitrogens is 1. The highest BCUT2D eigenvalue weighted by atomic mass is 32.1. The minimum absolute atomic E-state index is 0.0879. The molecule has 1 aliphatic rings. The first-order valence-electron chi connectivity index (χ1n) is 12.5. The number of esters is 1. The van der Waals surface area contributed by atoms with Gasteiger partial charge in [0.2, 0.25) is 0 Å². The molecule has 0 saturated carbocycles. The molecule has 5 unspecified atom stereocenters. The molecular formula is C27H43NO6S. The van der Waals surface area contributed by atoms with Crippen LogP contribution >= 0.6 is 11.3 Å². The van der Waals surface area contributed by atoms with Crippen LogP contribution in [0.2, 0.25) is 0 Å². The van der Waals surface area contributed by atoms with Crippen molar-refractivity contribution in [1.29, 1.82) is 0 Å². The first kappa shape index (κ1) is 29.6. The van der Waals surface area contributed by atoms with E-state index in [0.29, 0.717) is 0 Å². The Morgan fingerprint density at radius 3 is 2.46 bits per heavy atom. The number of thiazole rings is 1. The maximum Gasteiger partial charge on any atom is 0.309 e. The molecule has 0 aliphatic carbocycles. The Bertz CT molecular complexity index is 905. The average molecular weight is 510 g/mol. The van der Waals surface area contributed by atoms with Gasteiger partial charge in [0.05, 0.1) is 47.0 Å². The Balaban J connectivity index is 2.33. The van der Waals surface area contributed by atoms with E-state index in [2.05, 4.69) is 4.98 Å². The molecule has 0 spiro atoms. The van der Waals surface area contributed by atoms with Gasteiger partial charge in [0.15, 0.2) is 0 Å². The van der Waals surface area contributed by atoms with Crippen LogP contribution in [-0.2, 0) is 19.1 Å². The summed E-state index contributed by atoms with van der Waals surface area (Å²) in [5.74, 6) is -1.63. The van der Waals surface area contributed by atoms with Crippen molar-refractivity contribution in [3.05, 3.63) is 21.7 Å². The predicted octanol–water partition coefficient (Wildman–Crippen LogP) is 4.73. The number of ether oxygens (including phenoxy) is 2. The summed E-state index contributed by atoms with van der Waals surface area (Å²) in [5, 5.41) is 24.5. The summed E-state index contributed by atoms with van der Waals surface area (Å²) in [6.45, 7) is 14.8. The maximum atomic E-state index is 13.2. The lowest BCUT2D eigenvalue weighted by Gasteiger charge is -2.35. The van der Waals surface area contributed by atoms with E-state index in [1.165, 1.54) is 0 Å². The Labute approximate surface area is 213 Å². The van der Waals surface area contributed by atoms with Gasteiger partial charge < -0.3 is 19.7 Å². The van der Waals surface area contributed by atoms with E-state index in [1.54, 1.807) is 32.1 Å². The molecule has 2 N–H and O–H groups in total. The number of hydrogen-bond acceptors (Lipinski definition) is 8. The molecule has 0 aromatic carbocycles. The highest BCUT2D eigenvalue weighted by Gasteiger charge is 2.42. The number of aliphatic hydroxyl groups excluding tert-OH is 2. The van der Waals surface area contributed by atoms with Gasteiger partial charge in [-0.1, -0.05) is 34.1 Å². The molecule has 5 atom stereocenters. The molecule has 35 heavy (non-hydrogen) atoms. The quantitative estimate of drug-likeness (QED) is 0.555. The zero-order chi connectivity index (χ0) is 26.6. The van der Waals surface area contributed by atoms with Crippen molar-refractivity contribution in [2.45, 2.75) is 105 Å². The van der Waals surface area contributed by atoms with Crippen LogP contribution < -0.4 is 0 Å². The summed E-state index contributed by atoms with van der Waals surface area (Å²) >= 11 is 1.54. The normalized spacial score (nSPS) is 31.7. The molecule has 1 aromatic rings. The average Bonchev–Trinajstić information content (AvgIpc) is 3.18. The summed E-state index contributed by atoms with van der Waals surface area (Å²) in [6.07, 6.45) is 1.14. The summed E-state index contributed by atoms with van der Waals surface area (Å²) in [6, 6.07) is 0. The molecule has 0 radical (unpaired) electrons. The molecule has 0 bridgehead atoms. The van der Waals surface area contributed by atoms with E-state index in [0.717, 1.165) is 35.5 Å². The number of carbonyl (C=O) groups excluding carboxylic acids is 2. The van der Waals surface area contributed by atoms with E-state index in [-0.39, 0.29) is 24.7 Å². The highest BCUT2D eigenvalue weighted by molar-refractivity contribution is 7.09. The van der Waals surface area contributed by atoms with E-state index < -0.39 is 41.2 Å². The van der Waals surface area contributed by atoms with Gasteiger partial charge in [-0.25, -0.2) is 4.98 Å². The Kier molecular flexibility index (Phi) is 10.2. The lowest BCUT2D eigenvalue weighted by atomic mass is 9.73. The standard InChI is InChI=1S/C27H43NO6S/c1-16-10-9-11-26(5,6)33-14-21(17(2)12-20-15-35-19(4)28-20)34-23(30)13-22(29)27(7,8)25(32)18(3)24(16)31/h12,15-16,18,21-22,24,29,31H,9-11,13-14H2,1-8H3. The van der Waals surface area contributed by atoms with Crippen LogP contribution in [0.3, 0.4) is 0 Å². The number of nitrogens with zero attached hydrogens (tertiary/aromatic N) is 1. The zero-order valence-corrected chi connectivity index (χ0v) is 23.3. The predicted molar refractivity (Wildman–Crippen MR) is 138 cm³/mol. The first-order valence-corrected chi connectivity index (χ1v) is 13.4.